The predicted octanol–water partition coefficient (Wildman–Crippen LogP) is 3.45. The van der Waals surface area contributed by atoms with Crippen LogP contribution >= 0.6 is 22.6 Å². The van der Waals surface area contributed by atoms with E-state index >= 15 is 0 Å². The summed E-state index contributed by atoms with van der Waals surface area (Å²) in [6.07, 6.45) is 1.88. The van der Waals surface area contributed by atoms with Crippen LogP contribution in [0.25, 0.3) is 0 Å². The zero-order valence-electron chi connectivity index (χ0n) is 7.42. The molecule has 2 heteroatoms. The molecular formula is C11H10IN. The van der Waals surface area contributed by atoms with Gasteiger partial charge in [0.2, 0.25) is 0 Å². The van der Waals surface area contributed by atoms with Gasteiger partial charge >= 0.3 is 0 Å². The number of nitrogens with zero attached hydrogens (tertiary/aromatic N) is 1. The first-order chi connectivity index (χ1) is 6.19. The van der Waals surface area contributed by atoms with Crippen LogP contribution in [0, 0.1) is 14.9 Å². The van der Waals surface area contributed by atoms with E-state index in [1.807, 2.05) is 24.3 Å². The molecule has 0 N–H and O–H groups in total. The van der Waals surface area contributed by atoms with E-state index in [4.69, 9.17) is 5.26 Å². The van der Waals surface area contributed by atoms with Crippen LogP contribution in [0.5, 0.6) is 0 Å². The Labute approximate surface area is 92.2 Å². The third-order valence-corrected chi connectivity index (χ3v) is 2.93. The van der Waals surface area contributed by atoms with Crippen LogP contribution in [0.15, 0.2) is 30.9 Å². The van der Waals surface area contributed by atoms with Crippen molar-refractivity contribution < 1.29 is 0 Å². The van der Waals surface area contributed by atoms with E-state index < -0.39 is 0 Å². The fourth-order valence-corrected chi connectivity index (χ4v) is 1.50. The average molecular weight is 283 g/mol. The van der Waals surface area contributed by atoms with Gasteiger partial charge in [-0.3, -0.25) is 0 Å². The lowest BCUT2D eigenvalue weighted by Gasteiger charge is -2.06. The summed E-state index contributed by atoms with van der Waals surface area (Å²) in [5.74, 6) is 0.309. The molecule has 1 aromatic rings. The van der Waals surface area contributed by atoms with E-state index in [9.17, 15) is 0 Å². The van der Waals surface area contributed by atoms with Gasteiger partial charge in [0.15, 0.2) is 0 Å². The number of hydrogen-bond acceptors (Lipinski definition) is 1. The Morgan fingerprint density at radius 1 is 1.62 bits per heavy atom. The second kappa shape index (κ2) is 4.43. The van der Waals surface area contributed by atoms with Crippen LogP contribution in [-0.4, -0.2) is 0 Å². The van der Waals surface area contributed by atoms with E-state index in [0.717, 1.165) is 14.7 Å². The molecule has 0 heterocycles. The number of nitriles is 1. The van der Waals surface area contributed by atoms with Crippen LogP contribution in [0.2, 0.25) is 0 Å². The van der Waals surface area contributed by atoms with Crippen molar-refractivity contribution in [2.75, 3.05) is 0 Å². The molecule has 0 saturated carbocycles. The predicted molar refractivity (Wildman–Crippen MR) is 62.5 cm³/mol. The highest BCUT2D eigenvalue weighted by molar-refractivity contribution is 14.1. The third kappa shape index (κ3) is 2.31. The molecule has 13 heavy (non-hydrogen) atoms. The molecule has 1 rings (SSSR count). The highest BCUT2D eigenvalue weighted by Gasteiger charge is 2.04. The summed E-state index contributed by atoms with van der Waals surface area (Å²) in [5.41, 5.74) is 1.89. The third-order valence-electron chi connectivity index (χ3n) is 1.99. The quantitative estimate of drug-likeness (QED) is 0.602. The fourth-order valence-electron chi connectivity index (χ4n) is 1.05. The summed E-state index contributed by atoms with van der Waals surface area (Å²) < 4.78 is 1.00. The minimum atomic E-state index is 0.309. The van der Waals surface area contributed by atoms with Crippen molar-refractivity contribution in [3.63, 3.8) is 0 Å². The van der Waals surface area contributed by atoms with Gasteiger partial charge in [0.05, 0.1) is 5.56 Å². The van der Waals surface area contributed by atoms with Crippen molar-refractivity contribution in [2.24, 2.45) is 0 Å². The Hall–Kier alpha value is -0.820. The van der Waals surface area contributed by atoms with E-state index in [0.29, 0.717) is 5.92 Å². The lowest BCUT2D eigenvalue weighted by molar-refractivity contribution is 0.969. The van der Waals surface area contributed by atoms with Crippen molar-refractivity contribution in [1.82, 2.24) is 0 Å². The van der Waals surface area contributed by atoms with E-state index in [1.54, 1.807) is 0 Å². The zero-order valence-corrected chi connectivity index (χ0v) is 9.58. The molecule has 0 aliphatic heterocycles. The second-order valence-electron chi connectivity index (χ2n) is 2.88. The second-order valence-corrected chi connectivity index (χ2v) is 4.04. The number of allylic oxidation sites excluding steroid dienone is 1. The Morgan fingerprint density at radius 2 is 2.31 bits per heavy atom. The first-order valence-corrected chi connectivity index (χ1v) is 5.09. The molecule has 0 amide bonds. The molecular weight excluding hydrogens is 273 g/mol. The molecule has 0 bridgehead atoms. The maximum Gasteiger partial charge on any atom is 0.100 e. The van der Waals surface area contributed by atoms with E-state index in [1.165, 1.54) is 0 Å². The van der Waals surface area contributed by atoms with Crippen LogP contribution in [-0.2, 0) is 0 Å². The SMILES string of the molecule is C=CC(C)c1ccc(I)c(C#N)c1. The molecule has 0 aromatic heterocycles. The monoisotopic (exact) mass is 283 g/mol. The number of hydrogen-bond donors (Lipinski definition) is 0. The van der Waals surface area contributed by atoms with Crippen molar-refractivity contribution >= 4 is 22.6 Å². The molecule has 1 unspecified atom stereocenters. The smallest absolute Gasteiger partial charge is 0.100 e. The number of rotatable bonds is 2. The lowest BCUT2D eigenvalue weighted by Crippen LogP contribution is -1.91. The number of halogens is 1. The first kappa shape index (κ1) is 10.3. The Balaban J connectivity index is 3.15. The molecule has 0 spiro atoms. The van der Waals surface area contributed by atoms with Crippen molar-refractivity contribution in [3.8, 4) is 6.07 Å². The highest BCUT2D eigenvalue weighted by Crippen LogP contribution is 2.20. The molecule has 0 aliphatic rings. The molecule has 0 saturated heterocycles. The Bertz CT molecular complexity index is 363. The van der Waals surface area contributed by atoms with Gasteiger partial charge in [-0.15, -0.1) is 6.58 Å². The standard InChI is InChI=1S/C11H10IN/c1-3-8(2)9-4-5-11(12)10(6-9)7-13/h3-6,8H,1H2,2H3. The summed E-state index contributed by atoms with van der Waals surface area (Å²) in [5, 5.41) is 8.82. The van der Waals surface area contributed by atoms with E-state index in [-0.39, 0.29) is 0 Å². The number of benzene rings is 1. The van der Waals surface area contributed by atoms with Gasteiger partial charge in [-0.05, 0) is 46.2 Å². The fraction of sp³-hybridized carbons (Fsp3) is 0.182. The summed E-state index contributed by atoms with van der Waals surface area (Å²) in [6.45, 7) is 5.80. The van der Waals surface area contributed by atoms with Crippen molar-refractivity contribution in [1.29, 1.82) is 5.26 Å². The normalized spacial score (nSPS) is 11.8. The molecule has 1 nitrogen and oxygen atoms in total. The maximum atomic E-state index is 8.82. The van der Waals surface area contributed by atoms with Gasteiger partial charge in [0.25, 0.3) is 0 Å². The molecule has 1 atom stereocenters. The molecule has 0 fully saturated rings. The van der Waals surface area contributed by atoms with Crippen LogP contribution < -0.4 is 0 Å². The van der Waals surface area contributed by atoms with Gasteiger partial charge in [-0.25, -0.2) is 0 Å². The summed E-state index contributed by atoms with van der Waals surface area (Å²) in [6, 6.07) is 8.10. The topological polar surface area (TPSA) is 23.8 Å². The minimum absolute atomic E-state index is 0.309. The summed E-state index contributed by atoms with van der Waals surface area (Å²) in [7, 11) is 0. The minimum Gasteiger partial charge on any atom is -0.192 e. The lowest BCUT2D eigenvalue weighted by atomic mass is 10.00. The Morgan fingerprint density at radius 3 is 2.85 bits per heavy atom. The Kier molecular flexibility index (Phi) is 3.49. The van der Waals surface area contributed by atoms with Gasteiger partial charge in [0, 0.05) is 3.57 Å². The van der Waals surface area contributed by atoms with Crippen LogP contribution in [0.1, 0.15) is 24.0 Å². The molecule has 0 aliphatic carbocycles. The van der Waals surface area contributed by atoms with Crippen molar-refractivity contribution in [3.05, 3.63) is 45.6 Å². The van der Waals surface area contributed by atoms with Crippen LogP contribution in [0.3, 0.4) is 0 Å². The highest BCUT2D eigenvalue weighted by atomic mass is 127. The van der Waals surface area contributed by atoms with Crippen molar-refractivity contribution in [2.45, 2.75) is 12.8 Å². The van der Waals surface area contributed by atoms with Gasteiger partial charge in [-0.2, -0.15) is 5.26 Å². The van der Waals surface area contributed by atoms with Gasteiger partial charge in [0.1, 0.15) is 6.07 Å². The summed E-state index contributed by atoms with van der Waals surface area (Å²) in [4.78, 5) is 0. The van der Waals surface area contributed by atoms with Gasteiger partial charge < -0.3 is 0 Å². The summed E-state index contributed by atoms with van der Waals surface area (Å²) >= 11 is 2.16. The maximum absolute atomic E-state index is 8.82. The van der Waals surface area contributed by atoms with Gasteiger partial charge in [-0.1, -0.05) is 19.1 Å². The average Bonchev–Trinajstić information content (AvgIpc) is 2.17. The zero-order chi connectivity index (χ0) is 9.84. The molecule has 66 valence electrons. The molecule has 1 aromatic carbocycles. The largest absolute Gasteiger partial charge is 0.192 e. The van der Waals surface area contributed by atoms with E-state index in [2.05, 4.69) is 42.2 Å². The first-order valence-electron chi connectivity index (χ1n) is 4.01. The molecule has 0 radical (unpaired) electrons. The van der Waals surface area contributed by atoms with Crippen LogP contribution in [0.4, 0.5) is 0 Å².